The highest BCUT2D eigenvalue weighted by Gasteiger charge is 2.43. The Morgan fingerprint density at radius 2 is 1.77 bits per heavy atom. The Bertz CT molecular complexity index is 1050. The smallest absolute Gasteiger partial charge is 0.381 e. The number of rotatable bonds is 5. The molecule has 2 saturated heterocycles. The first-order chi connectivity index (χ1) is 16.7. The fourth-order valence-electron chi connectivity index (χ4n) is 5.96. The van der Waals surface area contributed by atoms with Gasteiger partial charge in [-0.3, -0.25) is 0 Å². The molecule has 10 heteroatoms. The third kappa shape index (κ3) is 5.27. The lowest BCUT2D eigenvalue weighted by atomic mass is 10.00. The van der Waals surface area contributed by atoms with E-state index < -0.39 is 23.3 Å². The summed E-state index contributed by atoms with van der Waals surface area (Å²) in [5.41, 5.74) is -1.56. The maximum absolute atomic E-state index is 14.0. The maximum Gasteiger partial charge on any atom is 0.418 e. The number of halogens is 5. The monoisotopic (exact) mass is 512 g/mol. The van der Waals surface area contributed by atoms with E-state index in [1.165, 1.54) is 6.07 Å². The van der Waals surface area contributed by atoms with E-state index in [9.17, 15) is 17.6 Å². The average Bonchev–Trinajstić information content (AvgIpc) is 3.39. The molecule has 5 nitrogen and oxygen atoms in total. The van der Waals surface area contributed by atoms with Gasteiger partial charge in [-0.2, -0.15) is 13.2 Å². The van der Waals surface area contributed by atoms with Crippen LogP contribution in [0.1, 0.15) is 31.2 Å². The molecule has 1 aromatic carbocycles. The number of hydrogen-bond donors (Lipinski definition) is 0. The van der Waals surface area contributed by atoms with Crippen LogP contribution in [-0.4, -0.2) is 61.0 Å². The van der Waals surface area contributed by atoms with Crippen LogP contribution in [0.3, 0.4) is 0 Å². The SMILES string of the molecule is CN(c1cc(C(F)(F)F)c(-c2cc(F)ccc2Cl)nn1)[C@@H]1C[C@@H]2CN(CC3CCOCC3)C[C@@H]2C1. The van der Waals surface area contributed by atoms with Gasteiger partial charge in [0.15, 0.2) is 5.82 Å². The largest absolute Gasteiger partial charge is 0.418 e. The van der Waals surface area contributed by atoms with Gasteiger partial charge < -0.3 is 14.5 Å². The highest BCUT2D eigenvalue weighted by Crippen LogP contribution is 2.43. The van der Waals surface area contributed by atoms with E-state index in [0.717, 1.165) is 76.7 Å². The Hall–Kier alpha value is -1.97. The fourth-order valence-corrected chi connectivity index (χ4v) is 6.17. The lowest BCUT2D eigenvalue weighted by Gasteiger charge is -2.30. The van der Waals surface area contributed by atoms with Gasteiger partial charge in [0.2, 0.25) is 0 Å². The molecule has 1 aliphatic carbocycles. The van der Waals surface area contributed by atoms with E-state index >= 15 is 0 Å². The first-order valence-corrected chi connectivity index (χ1v) is 12.5. The minimum Gasteiger partial charge on any atom is -0.381 e. The van der Waals surface area contributed by atoms with Crippen molar-refractivity contribution in [2.24, 2.45) is 17.8 Å². The van der Waals surface area contributed by atoms with Crippen LogP contribution in [0.4, 0.5) is 23.4 Å². The Morgan fingerprint density at radius 3 is 2.43 bits per heavy atom. The van der Waals surface area contributed by atoms with Crippen molar-refractivity contribution >= 4 is 17.4 Å². The van der Waals surface area contributed by atoms with E-state index in [4.69, 9.17) is 16.3 Å². The second-order valence-corrected chi connectivity index (χ2v) is 10.5. The zero-order chi connectivity index (χ0) is 24.7. The molecular weight excluding hydrogens is 484 g/mol. The minimum absolute atomic E-state index is 0.0128. The molecule has 0 unspecified atom stereocenters. The standard InChI is InChI=1S/C25H29ClF4N4O/c1-33(19-8-16-13-34(14-17(16)9-19)12-15-4-6-35-7-5-15)23-11-21(25(28,29)30)24(32-31-23)20-10-18(27)2-3-22(20)26/h2-3,10-11,15-17,19H,4-9,12-14H2,1H3/t16-,17+,19-. The van der Waals surface area contributed by atoms with Crippen LogP contribution in [0.25, 0.3) is 11.3 Å². The summed E-state index contributed by atoms with van der Waals surface area (Å²) in [6, 6.07) is 4.38. The average molecular weight is 513 g/mol. The first-order valence-electron chi connectivity index (χ1n) is 12.1. The lowest BCUT2D eigenvalue weighted by Crippen LogP contribution is -2.35. The zero-order valence-corrected chi connectivity index (χ0v) is 20.3. The Morgan fingerprint density at radius 1 is 1.09 bits per heavy atom. The summed E-state index contributed by atoms with van der Waals surface area (Å²) in [5, 5.41) is 7.97. The van der Waals surface area contributed by atoms with Gasteiger partial charge in [-0.15, -0.1) is 10.2 Å². The number of likely N-dealkylation sites (tertiary alicyclic amines) is 1. The van der Waals surface area contributed by atoms with Gasteiger partial charge in [0, 0.05) is 51.5 Å². The normalized spacial score (nSPS) is 25.7. The van der Waals surface area contributed by atoms with Crippen molar-refractivity contribution in [1.29, 1.82) is 0 Å². The van der Waals surface area contributed by atoms with Gasteiger partial charge >= 0.3 is 6.18 Å². The molecular formula is C25H29ClF4N4O. The van der Waals surface area contributed by atoms with Crippen LogP contribution in [0, 0.1) is 23.6 Å². The van der Waals surface area contributed by atoms with E-state index in [0.29, 0.717) is 17.8 Å². The zero-order valence-electron chi connectivity index (χ0n) is 19.6. The molecule has 190 valence electrons. The van der Waals surface area contributed by atoms with E-state index in [2.05, 4.69) is 15.1 Å². The summed E-state index contributed by atoms with van der Waals surface area (Å²) >= 11 is 6.06. The second kappa shape index (κ2) is 9.82. The molecule has 2 aromatic rings. The second-order valence-electron chi connectivity index (χ2n) is 10.1. The van der Waals surface area contributed by atoms with Crippen LogP contribution in [0.15, 0.2) is 24.3 Å². The number of hydrogen-bond acceptors (Lipinski definition) is 5. The number of alkyl halides is 3. The Kier molecular flexibility index (Phi) is 6.94. The van der Waals surface area contributed by atoms with Crippen molar-refractivity contribution < 1.29 is 22.3 Å². The number of ether oxygens (including phenoxy) is 1. The number of aromatic nitrogens is 2. The molecule has 3 heterocycles. The summed E-state index contributed by atoms with van der Waals surface area (Å²) in [5.74, 6) is 1.26. The molecule has 0 radical (unpaired) electrons. The van der Waals surface area contributed by atoms with Crippen molar-refractivity contribution in [2.45, 2.75) is 37.9 Å². The number of benzene rings is 1. The highest BCUT2D eigenvalue weighted by atomic mass is 35.5. The van der Waals surface area contributed by atoms with Crippen LogP contribution in [0.5, 0.6) is 0 Å². The summed E-state index contributed by atoms with van der Waals surface area (Å²) < 4.78 is 61.1. The van der Waals surface area contributed by atoms with Gasteiger partial charge in [0.1, 0.15) is 11.5 Å². The van der Waals surface area contributed by atoms with Gasteiger partial charge in [-0.05, 0) is 67.7 Å². The first kappa shape index (κ1) is 24.7. The minimum atomic E-state index is -4.69. The van der Waals surface area contributed by atoms with Gasteiger partial charge in [-0.25, -0.2) is 4.39 Å². The summed E-state index contributed by atoms with van der Waals surface area (Å²) in [7, 11) is 1.78. The van der Waals surface area contributed by atoms with Crippen LogP contribution < -0.4 is 4.90 Å². The third-order valence-electron chi connectivity index (χ3n) is 7.84. The number of anilines is 1. The van der Waals surface area contributed by atoms with Crippen molar-refractivity contribution in [1.82, 2.24) is 15.1 Å². The molecule has 3 atom stereocenters. The fraction of sp³-hybridized carbons (Fsp3) is 0.600. The highest BCUT2D eigenvalue weighted by molar-refractivity contribution is 6.33. The molecule has 1 saturated carbocycles. The molecule has 2 aliphatic heterocycles. The summed E-state index contributed by atoms with van der Waals surface area (Å²) in [4.78, 5) is 4.38. The van der Waals surface area contributed by atoms with Gasteiger partial charge in [0.05, 0.1) is 10.6 Å². The molecule has 0 spiro atoms. The van der Waals surface area contributed by atoms with Crippen LogP contribution in [-0.2, 0) is 10.9 Å². The lowest BCUT2D eigenvalue weighted by molar-refractivity contribution is -0.137. The molecule has 3 aliphatic rings. The quantitative estimate of drug-likeness (QED) is 0.493. The Balaban J connectivity index is 1.30. The third-order valence-corrected chi connectivity index (χ3v) is 8.17. The molecule has 0 N–H and O–H groups in total. The van der Waals surface area contributed by atoms with E-state index in [-0.39, 0.29) is 22.4 Å². The van der Waals surface area contributed by atoms with E-state index in [1.807, 2.05) is 4.90 Å². The molecule has 3 fully saturated rings. The molecule has 0 amide bonds. The van der Waals surface area contributed by atoms with Crippen molar-refractivity contribution in [2.75, 3.05) is 44.8 Å². The molecule has 35 heavy (non-hydrogen) atoms. The van der Waals surface area contributed by atoms with Crippen molar-refractivity contribution in [3.63, 3.8) is 0 Å². The summed E-state index contributed by atoms with van der Waals surface area (Å²) in [6.07, 6.45) is -0.603. The van der Waals surface area contributed by atoms with Crippen LogP contribution >= 0.6 is 11.6 Å². The predicted molar refractivity (Wildman–Crippen MR) is 126 cm³/mol. The topological polar surface area (TPSA) is 41.5 Å². The summed E-state index contributed by atoms with van der Waals surface area (Å²) in [6.45, 7) is 4.90. The van der Waals surface area contributed by atoms with Gasteiger partial charge in [-0.1, -0.05) is 11.6 Å². The molecule has 0 bridgehead atoms. The molecule has 1 aromatic heterocycles. The number of fused-ring (bicyclic) bond motifs is 1. The van der Waals surface area contributed by atoms with Crippen molar-refractivity contribution in [3.8, 4) is 11.3 Å². The maximum atomic E-state index is 14.0. The molecule has 5 rings (SSSR count). The van der Waals surface area contributed by atoms with Crippen molar-refractivity contribution in [3.05, 3.63) is 40.7 Å². The van der Waals surface area contributed by atoms with Crippen LogP contribution in [0.2, 0.25) is 5.02 Å². The van der Waals surface area contributed by atoms with E-state index in [1.54, 1.807) is 7.05 Å². The van der Waals surface area contributed by atoms with Gasteiger partial charge in [0.25, 0.3) is 0 Å². The predicted octanol–water partition coefficient (Wildman–Crippen LogP) is 5.53. The number of nitrogens with zero attached hydrogens (tertiary/aromatic N) is 4. The Labute approximate surface area is 207 Å².